The Morgan fingerprint density at radius 1 is 0.944 bits per heavy atom. The number of terminal acetylenes is 1. The van der Waals surface area contributed by atoms with Crippen molar-refractivity contribution in [1.82, 2.24) is 10.2 Å². The topological polar surface area (TPSA) is 168 Å². The molecule has 4 rings (SSSR count). The molecule has 71 heavy (non-hydrogen) atoms. The van der Waals surface area contributed by atoms with Crippen molar-refractivity contribution in [2.75, 3.05) is 35.1 Å². The molecule has 2 heterocycles. The van der Waals surface area contributed by atoms with Gasteiger partial charge in [0.05, 0.1) is 47.8 Å². The second kappa shape index (κ2) is 23.6. The number of carbonyl (C=O) groups is 3. The third-order valence-electron chi connectivity index (χ3n) is 13.1. The van der Waals surface area contributed by atoms with Crippen molar-refractivity contribution in [3.05, 3.63) is 32.4 Å². The highest BCUT2D eigenvalue weighted by atomic mass is 127. The van der Waals surface area contributed by atoms with Crippen LogP contribution in [0.3, 0.4) is 0 Å². The maximum Gasteiger partial charge on any atom is 0.408 e. The van der Waals surface area contributed by atoms with Crippen molar-refractivity contribution >= 4 is 69.3 Å². The second-order valence-electron chi connectivity index (χ2n) is 22.8. The van der Waals surface area contributed by atoms with E-state index in [9.17, 15) is 14.4 Å². The lowest BCUT2D eigenvalue weighted by molar-refractivity contribution is -0.330. The van der Waals surface area contributed by atoms with Crippen LogP contribution < -0.4 is 14.8 Å². The van der Waals surface area contributed by atoms with E-state index < -0.39 is 94.1 Å². The van der Waals surface area contributed by atoms with Gasteiger partial charge in [0.2, 0.25) is 0 Å². The summed E-state index contributed by atoms with van der Waals surface area (Å²) in [6.07, 6.45) is 2.62. The first kappa shape index (κ1) is 61.1. The molecule has 402 valence electrons. The van der Waals surface area contributed by atoms with Gasteiger partial charge in [0.25, 0.3) is 0 Å². The highest BCUT2D eigenvalue weighted by Gasteiger charge is 2.67. The zero-order valence-corrected chi connectivity index (χ0v) is 50.6. The van der Waals surface area contributed by atoms with Gasteiger partial charge in [-0.25, -0.2) is 4.79 Å². The van der Waals surface area contributed by atoms with Crippen LogP contribution >= 0.6 is 34.2 Å². The molecule has 2 fully saturated rings. The van der Waals surface area contributed by atoms with Crippen molar-refractivity contribution in [3.8, 4) is 23.8 Å². The summed E-state index contributed by atoms with van der Waals surface area (Å²) in [5.74, 6) is 1.88. The van der Waals surface area contributed by atoms with Crippen molar-refractivity contribution in [2.45, 2.75) is 205 Å². The SMILES string of the molecule is C#C[C@@H](Oc1c(Cl)cc([C@H](CC(=O)OC)NC(=O)OC(C)(C)C)cc1OCOC)[C@@]1(O[C@@H]2OC(C)(C)[C@@H](N(C)C)[C@H]3O[Si](C(C)C)(C(C)C)O[Si](C(C)C)(C(C)C)O[C@@H]23)C[C@H](OC(=O)C(C)(C)C)C=C1I. The number of likely N-dealkylation sites (N-methyl/N-ethyl adjacent to an activating group) is 1. The number of hydrogen-bond donors (Lipinski definition) is 1. The molecule has 16 nitrogen and oxygen atoms in total. The molecule has 2 saturated heterocycles. The van der Waals surface area contributed by atoms with Gasteiger partial charge < -0.3 is 61.1 Å². The Morgan fingerprint density at radius 3 is 1.99 bits per heavy atom. The van der Waals surface area contributed by atoms with Crippen molar-refractivity contribution in [2.24, 2.45) is 5.41 Å². The number of alkyl carbamates (subject to hydrolysis) is 1. The molecule has 0 radical (unpaired) electrons. The van der Waals surface area contributed by atoms with E-state index >= 15 is 0 Å². The van der Waals surface area contributed by atoms with E-state index in [0.717, 1.165) is 0 Å². The average molecular weight is 1170 g/mol. The minimum absolute atomic E-state index is 0.000366. The number of benzene rings is 1. The first-order valence-electron chi connectivity index (χ1n) is 24.5. The lowest BCUT2D eigenvalue weighted by Crippen LogP contribution is -2.70. The standard InChI is InChI=1S/C51H82ClIN2O14Si2/c1-22-39(63-41-35(52)23-33(24-37(41)61-28-59-20)36(26-40(56)60-21)54-47(58)66-49(13,14)15)51(27-34(25-38(51)53)62-46(57)48(10,11)12)65-45-43-42(44(55(18)19)50(16,17)64-45)67-70(29(2)3,30(4)5)69-71(68-43,31(6)7)32(8)9/h1,23-25,29-32,34,36,39,42-45H,26-28H2,2-21H3,(H,54,58)/t34-,36+,39-,42+,43-,44+,45+,51-/m1/s1. The van der Waals surface area contributed by atoms with Crippen LogP contribution in [0.2, 0.25) is 27.2 Å². The Kier molecular flexibility index (Phi) is 20.3. The van der Waals surface area contributed by atoms with E-state index in [1.165, 1.54) is 20.3 Å². The lowest BCUT2D eigenvalue weighted by Gasteiger charge is -2.55. The highest BCUT2D eigenvalue weighted by molar-refractivity contribution is 14.1. The third-order valence-corrected chi connectivity index (χ3v) is 24.9. The molecule has 8 atom stereocenters. The van der Waals surface area contributed by atoms with Gasteiger partial charge in [0.1, 0.15) is 17.8 Å². The fourth-order valence-corrected chi connectivity index (χ4v) is 22.3. The molecule has 3 aliphatic rings. The molecule has 0 aromatic heterocycles. The van der Waals surface area contributed by atoms with E-state index in [-0.39, 0.29) is 64.4 Å². The highest BCUT2D eigenvalue weighted by Crippen LogP contribution is 2.54. The molecule has 0 unspecified atom stereocenters. The minimum atomic E-state index is -3.25. The Bertz CT molecular complexity index is 2100. The number of rotatable bonds is 18. The molecule has 0 spiro atoms. The number of fused-ring (bicyclic) bond motifs is 1. The second-order valence-corrected chi connectivity index (χ2v) is 33.1. The number of esters is 2. The Hall–Kier alpha value is -2.50. The number of nitrogens with one attached hydrogen (secondary N) is 1. The molecule has 0 bridgehead atoms. The summed E-state index contributed by atoms with van der Waals surface area (Å²) in [5, 5.41) is 2.76. The van der Waals surface area contributed by atoms with E-state index in [1.54, 1.807) is 47.6 Å². The first-order valence-corrected chi connectivity index (χ1v) is 29.9. The summed E-state index contributed by atoms with van der Waals surface area (Å²) in [5.41, 5.74) is -3.72. The van der Waals surface area contributed by atoms with Crippen molar-refractivity contribution < 1.29 is 65.2 Å². The summed E-state index contributed by atoms with van der Waals surface area (Å²) in [4.78, 5) is 41.6. The normalized spacial score (nSPS) is 26.0. The fraction of sp³-hybridized carbons (Fsp3) is 0.745. The number of hydrogen-bond acceptors (Lipinski definition) is 15. The largest absolute Gasteiger partial charge is 0.469 e. The monoisotopic (exact) mass is 1160 g/mol. The van der Waals surface area contributed by atoms with E-state index in [4.69, 9.17) is 68.9 Å². The van der Waals surface area contributed by atoms with Crippen LogP contribution in [0.4, 0.5) is 4.79 Å². The molecule has 2 aliphatic heterocycles. The average Bonchev–Trinajstić information content (AvgIpc) is 3.42. The Balaban J connectivity index is 1.99. The van der Waals surface area contributed by atoms with Crippen LogP contribution in [0.1, 0.15) is 135 Å². The predicted molar refractivity (Wildman–Crippen MR) is 285 cm³/mol. The molecule has 1 aliphatic carbocycles. The van der Waals surface area contributed by atoms with Crippen molar-refractivity contribution in [3.63, 3.8) is 0 Å². The van der Waals surface area contributed by atoms with Gasteiger partial charge in [-0.3, -0.25) is 9.59 Å². The van der Waals surface area contributed by atoms with Crippen LogP contribution in [-0.4, -0.2) is 129 Å². The molecule has 1 aromatic rings. The number of amides is 1. The Morgan fingerprint density at radius 2 is 1.51 bits per heavy atom. The third kappa shape index (κ3) is 13.7. The van der Waals surface area contributed by atoms with Gasteiger partial charge in [0.15, 0.2) is 36.3 Å². The van der Waals surface area contributed by atoms with Crippen LogP contribution in [0, 0.1) is 17.8 Å². The number of halogens is 2. The van der Waals surface area contributed by atoms with Gasteiger partial charge in [-0.1, -0.05) is 72.9 Å². The molecule has 1 N–H and O–H groups in total. The van der Waals surface area contributed by atoms with Gasteiger partial charge in [0, 0.05) is 17.1 Å². The molecular weight excluding hydrogens is 1080 g/mol. The zero-order chi connectivity index (χ0) is 54.0. The maximum atomic E-state index is 13.6. The van der Waals surface area contributed by atoms with Crippen LogP contribution in [0.5, 0.6) is 11.5 Å². The van der Waals surface area contributed by atoms with Gasteiger partial charge in [-0.05, 0) is 138 Å². The fourth-order valence-electron chi connectivity index (χ4n) is 9.72. The summed E-state index contributed by atoms with van der Waals surface area (Å²) in [6, 6.07) is 1.78. The van der Waals surface area contributed by atoms with Crippen molar-refractivity contribution in [1.29, 1.82) is 0 Å². The van der Waals surface area contributed by atoms with Crippen LogP contribution in [0.25, 0.3) is 0 Å². The predicted octanol–water partition coefficient (Wildman–Crippen LogP) is 10.7. The first-order chi connectivity index (χ1) is 32.6. The number of methoxy groups -OCH3 is 2. The quantitative estimate of drug-likeness (QED) is 0.0368. The summed E-state index contributed by atoms with van der Waals surface area (Å²) < 4.78 is 73.4. The molecule has 20 heteroatoms. The summed E-state index contributed by atoms with van der Waals surface area (Å²) in [6.45, 7) is 31.6. The Labute approximate surface area is 444 Å². The van der Waals surface area contributed by atoms with Gasteiger partial charge in [-0.2, -0.15) is 0 Å². The minimum Gasteiger partial charge on any atom is -0.469 e. The van der Waals surface area contributed by atoms with Crippen LogP contribution in [-0.2, 0) is 51.0 Å². The van der Waals surface area contributed by atoms with Crippen LogP contribution in [0.15, 0.2) is 21.8 Å². The number of nitrogens with zero attached hydrogens (tertiary/aromatic N) is 1. The maximum absolute atomic E-state index is 13.6. The van der Waals surface area contributed by atoms with E-state index in [1.807, 2.05) is 34.0 Å². The van der Waals surface area contributed by atoms with E-state index in [2.05, 4.69) is 94.1 Å². The molecule has 0 saturated carbocycles. The number of ether oxygens (including phenoxy) is 8. The summed E-state index contributed by atoms with van der Waals surface area (Å²) >= 11 is 9.36. The number of carbonyl (C=O) groups excluding carboxylic acids is 3. The van der Waals surface area contributed by atoms with Gasteiger partial charge >= 0.3 is 35.2 Å². The van der Waals surface area contributed by atoms with E-state index in [0.29, 0.717) is 9.14 Å². The molecular formula is C51H82ClIN2O14Si2. The zero-order valence-electron chi connectivity index (χ0n) is 45.7. The molecule has 1 aromatic carbocycles. The lowest BCUT2D eigenvalue weighted by atomic mass is 9.86. The summed E-state index contributed by atoms with van der Waals surface area (Å²) in [7, 11) is 0.339. The molecule has 1 amide bonds. The smallest absolute Gasteiger partial charge is 0.408 e. The van der Waals surface area contributed by atoms with Gasteiger partial charge in [-0.15, -0.1) is 6.42 Å².